The van der Waals surface area contributed by atoms with E-state index in [0.717, 1.165) is 51.3 Å². The Morgan fingerprint density at radius 1 is 0.643 bits per heavy atom. The van der Waals surface area contributed by atoms with Gasteiger partial charge in [0.25, 0.3) is 0 Å². The van der Waals surface area contributed by atoms with E-state index in [0.29, 0.717) is 32.1 Å². The minimum Gasteiger partial charge on any atom is -0.332 e. The molecule has 0 aliphatic rings. The van der Waals surface area contributed by atoms with Crippen molar-refractivity contribution >= 4 is 65.9 Å². The number of nitrogens with one attached hydrogen (secondary N) is 3. The molecule has 0 saturated carbocycles. The predicted octanol–water partition coefficient (Wildman–Crippen LogP) is 8.93. The molecule has 0 aliphatic heterocycles. The van der Waals surface area contributed by atoms with E-state index in [9.17, 15) is 22.4 Å². The van der Waals surface area contributed by atoms with Gasteiger partial charge in [0, 0.05) is 35.6 Å². The van der Waals surface area contributed by atoms with Gasteiger partial charge in [-0.1, -0.05) is 95.5 Å². The summed E-state index contributed by atoms with van der Waals surface area (Å²) in [6.07, 6.45) is 3.18. The van der Waals surface area contributed by atoms with Crippen LogP contribution in [0, 0.1) is 19.7 Å². The normalized spacial score (nSPS) is 11.0. The number of nitrogens with two attached hydrogens (primary N) is 1. The Kier molecular flexibility index (Phi) is 12.9. The van der Waals surface area contributed by atoms with Gasteiger partial charge in [0.05, 0.1) is 27.0 Å². The van der Waals surface area contributed by atoms with Crippen molar-refractivity contribution in [3.63, 3.8) is 0 Å². The van der Waals surface area contributed by atoms with Crippen LogP contribution in [0.3, 0.4) is 0 Å². The van der Waals surface area contributed by atoms with Crippen molar-refractivity contribution in [1.82, 2.24) is 14.7 Å². The van der Waals surface area contributed by atoms with Crippen molar-refractivity contribution in [3.05, 3.63) is 183 Å². The average molecular weight is 805 g/mol. The Bertz CT molecular complexity index is 2560. The highest BCUT2D eigenvalue weighted by Gasteiger charge is 2.17. The zero-order valence-electron chi connectivity index (χ0n) is 30.3. The van der Waals surface area contributed by atoms with Crippen LogP contribution in [0.4, 0.5) is 26.0 Å². The number of sulfonamides is 1. The molecule has 0 spiro atoms. The van der Waals surface area contributed by atoms with Gasteiger partial charge in [-0.25, -0.2) is 27.5 Å². The Labute approximate surface area is 332 Å². The number of anilines is 4. The first-order chi connectivity index (χ1) is 27.0. The van der Waals surface area contributed by atoms with Crippen molar-refractivity contribution < 1.29 is 22.4 Å². The molecule has 0 radical (unpaired) electrons. The van der Waals surface area contributed by atoms with Crippen molar-refractivity contribution in [2.75, 3.05) is 10.6 Å². The third-order valence-electron chi connectivity index (χ3n) is 8.47. The monoisotopic (exact) mass is 804 g/mol. The predicted molar refractivity (Wildman–Crippen MR) is 221 cm³/mol. The third-order valence-corrected chi connectivity index (χ3v) is 11.7. The molecule has 0 saturated heterocycles. The molecule has 0 unspecified atom stereocenters. The van der Waals surface area contributed by atoms with Gasteiger partial charge in [0.1, 0.15) is 5.82 Å². The van der Waals surface area contributed by atoms with Gasteiger partial charge in [-0.3, -0.25) is 9.59 Å². The van der Waals surface area contributed by atoms with E-state index in [-0.39, 0.29) is 23.0 Å². The zero-order valence-corrected chi connectivity index (χ0v) is 32.8. The number of hydrogen-bond donors (Lipinski definition) is 4. The number of rotatable bonds is 13. The maximum absolute atomic E-state index is 13.0. The van der Waals surface area contributed by atoms with Crippen LogP contribution in [-0.4, -0.2) is 30.0 Å². The van der Waals surface area contributed by atoms with E-state index < -0.39 is 15.8 Å². The molecule has 56 heavy (non-hydrogen) atoms. The molecule has 5 aromatic carbocycles. The van der Waals surface area contributed by atoms with Gasteiger partial charge >= 0.3 is 0 Å². The molecule has 284 valence electrons. The summed E-state index contributed by atoms with van der Waals surface area (Å²) in [5.74, 6) is -0.557. The molecule has 10 nitrogen and oxygen atoms in total. The van der Waals surface area contributed by atoms with Crippen LogP contribution in [0.5, 0.6) is 0 Å². The molecule has 2 heterocycles. The Morgan fingerprint density at radius 3 is 1.54 bits per heavy atom. The van der Waals surface area contributed by atoms with Crippen LogP contribution in [0.25, 0.3) is 0 Å². The maximum atomic E-state index is 13.0. The quantitative estimate of drug-likeness (QED) is 0.0836. The molecule has 0 aliphatic carbocycles. The number of ketones is 2. The third kappa shape index (κ3) is 10.2. The zero-order chi connectivity index (χ0) is 39.7. The van der Waals surface area contributed by atoms with Gasteiger partial charge in [-0.15, -0.1) is 0 Å². The number of aromatic nitrogens is 2. The molecule has 2 aromatic heterocycles. The topological polar surface area (TPSA) is 156 Å². The van der Waals surface area contributed by atoms with Crippen molar-refractivity contribution in [2.45, 2.75) is 31.8 Å². The summed E-state index contributed by atoms with van der Waals surface area (Å²) in [7, 11) is -3.74. The fourth-order valence-corrected chi connectivity index (χ4v) is 7.95. The highest BCUT2D eigenvalue weighted by molar-refractivity contribution is 7.89. The molecule has 14 heteroatoms. The summed E-state index contributed by atoms with van der Waals surface area (Å²) in [6.45, 7) is 4.44. The SMILES string of the molecule is Cc1ccccc1C(=O)c1cnc(Nc2ccc(CN)cc2)s1.Cc1ccccc1C(=O)c1cnc(Nc2ccc(CNS(=O)(=O)c3ccc(F)cc3)cc2)s1. The fourth-order valence-electron chi connectivity index (χ4n) is 5.35. The number of nitrogens with zero attached hydrogens (tertiary/aromatic N) is 2. The first-order valence-electron chi connectivity index (χ1n) is 17.3. The molecule has 0 fully saturated rings. The molecule has 7 aromatic rings. The molecular formula is C42H37FN6O4S3. The van der Waals surface area contributed by atoms with Gasteiger partial charge in [-0.2, -0.15) is 0 Å². The second-order valence-electron chi connectivity index (χ2n) is 12.5. The van der Waals surface area contributed by atoms with Gasteiger partial charge in [0.2, 0.25) is 21.6 Å². The van der Waals surface area contributed by atoms with Gasteiger partial charge in [-0.05, 0) is 84.6 Å². The standard InChI is InChI=1S/C24H20FN3O3S2.C18H17N3OS/c1-16-4-2-3-5-21(16)23(29)22-15-26-24(32-22)28-19-10-6-17(7-11-19)14-27-33(30,31)20-12-8-18(25)9-13-20;1-12-4-2-3-5-15(12)17(22)16-11-20-18(23-16)21-14-8-6-13(10-19)7-9-14/h2-13,15,27H,14H2,1H3,(H,26,28);2-9,11H,10,19H2,1H3,(H,20,21). The van der Waals surface area contributed by atoms with Crippen LogP contribution in [0.1, 0.15) is 52.7 Å². The highest BCUT2D eigenvalue weighted by Crippen LogP contribution is 2.27. The van der Waals surface area contributed by atoms with Gasteiger partial charge in [0.15, 0.2) is 10.3 Å². The molecule has 0 atom stereocenters. The Hall–Kier alpha value is -5.90. The van der Waals surface area contributed by atoms with Crippen LogP contribution < -0.4 is 21.1 Å². The fraction of sp³-hybridized carbons (Fsp3) is 0.0952. The van der Waals surface area contributed by atoms with Crippen LogP contribution in [0.15, 0.2) is 139 Å². The molecular weight excluding hydrogens is 768 g/mol. The molecule has 0 bridgehead atoms. The first-order valence-corrected chi connectivity index (χ1v) is 20.4. The first kappa shape index (κ1) is 39.8. The highest BCUT2D eigenvalue weighted by atomic mass is 32.2. The second-order valence-corrected chi connectivity index (χ2v) is 16.3. The van der Waals surface area contributed by atoms with Crippen molar-refractivity contribution in [3.8, 4) is 0 Å². The average Bonchev–Trinajstić information content (AvgIpc) is 3.88. The van der Waals surface area contributed by atoms with Gasteiger partial charge < -0.3 is 16.4 Å². The summed E-state index contributed by atoms with van der Waals surface area (Å²) in [5.41, 5.74) is 12.3. The van der Waals surface area contributed by atoms with Crippen LogP contribution >= 0.6 is 22.7 Å². The van der Waals surface area contributed by atoms with E-state index in [1.165, 1.54) is 34.8 Å². The van der Waals surface area contributed by atoms with E-state index in [1.54, 1.807) is 42.7 Å². The van der Waals surface area contributed by atoms with E-state index in [2.05, 4.69) is 25.3 Å². The number of benzene rings is 5. The van der Waals surface area contributed by atoms with Crippen molar-refractivity contribution in [2.24, 2.45) is 5.73 Å². The largest absolute Gasteiger partial charge is 0.332 e. The smallest absolute Gasteiger partial charge is 0.240 e. The van der Waals surface area contributed by atoms with Crippen LogP contribution in [-0.2, 0) is 23.1 Å². The lowest BCUT2D eigenvalue weighted by atomic mass is 10.0. The minimum atomic E-state index is -3.74. The van der Waals surface area contributed by atoms with Crippen molar-refractivity contribution in [1.29, 1.82) is 0 Å². The van der Waals surface area contributed by atoms with E-state index in [4.69, 9.17) is 5.73 Å². The summed E-state index contributed by atoms with van der Waals surface area (Å²) in [6, 6.07) is 34.6. The molecule has 7 rings (SSSR count). The lowest BCUT2D eigenvalue weighted by Crippen LogP contribution is -2.23. The summed E-state index contributed by atoms with van der Waals surface area (Å²) in [5, 5.41) is 7.64. The lowest BCUT2D eigenvalue weighted by Gasteiger charge is -2.08. The Balaban J connectivity index is 0.000000202. The lowest BCUT2D eigenvalue weighted by molar-refractivity contribution is 0.103. The number of aryl methyl sites for hydroxylation is 2. The summed E-state index contributed by atoms with van der Waals surface area (Å²) in [4.78, 5) is 35.0. The van der Waals surface area contributed by atoms with E-state index in [1.807, 2.05) is 80.6 Å². The Morgan fingerprint density at radius 2 is 1.09 bits per heavy atom. The number of carbonyl (C=O) groups excluding carboxylic acids is 2. The summed E-state index contributed by atoms with van der Waals surface area (Å²) < 4.78 is 40.2. The number of halogens is 1. The number of thiazole rings is 2. The van der Waals surface area contributed by atoms with Crippen LogP contribution in [0.2, 0.25) is 0 Å². The molecule has 0 amide bonds. The number of carbonyl (C=O) groups is 2. The molecule has 5 N–H and O–H groups in total. The maximum Gasteiger partial charge on any atom is 0.240 e. The second kappa shape index (κ2) is 18.2. The minimum absolute atomic E-state index is 0.00186. The number of hydrogen-bond acceptors (Lipinski definition) is 11. The summed E-state index contributed by atoms with van der Waals surface area (Å²) >= 11 is 2.62. The van der Waals surface area contributed by atoms with E-state index >= 15 is 0 Å².